The van der Waals surface area contributed by atoms with Crippen LogP contribution in [-0.4, -0.2) is 43.3 Å². The number of nitrogens with zero attached hydrogens (tertiary/aromatic N) is 1. The minimum atomic E-state index is -1.08. The Morgan fingerprint density at radius 2 is 1.54 bits per heavy atom. The van der Waals surface area contributed by atoms with Crippen LogP contribution >= 0.6 is 0 Å². The number of carboxylic acids is 1. The van der Waals surface area contributed by atoms with Gasteiger partial charge in [0.15, 0.2) is 0 Å². The lowest BCUT2D eigenvalue weighted by Gasteiger charge is -2.19. The Bertz CT molecular complexity index is 1260. The van der Waals surface area contributed by atoms with Crippen LogP contribution in [0.3, 0.4) is 0 Å². The molecule has 0 aromatic heterocycles. The van der Waals surface area contributed by atoms with Crippen LogP contribution in [0.15, 0.2) is 72.8 Å². The number of carboxylic acid groups (broad SMARTS) is 1. The maximum absolute atomic E-state index is 12.9. The Morgan fingerprint density at radius 1 is 0.943 bits per heavy atom. The first-order chi connectivity index (χ1) is 17.0. The summed E-state index contributed by atoms with van der Waals surface area (Å²) in [4.78, 5) is 38.1. The van der Waals surface area contributed by atoms with Crippen LogP contribution in [0.5, 0.6) is 0 Å². The minimum absolute atomic E-state index is 0.00224. The van der Waals surface area contributed by atoms with E-state index in [1.807, 2.05) is 24.3 Å². The lowest BCUT2D eigenvalue weighted by atomic mass is 9.98. The fraction of sp³-hybridized carbons (Fsp3) is 0.250. The van der Waals surface area contributed by atoms with Crippen molar-refractivity contribution in [1.82, 2.24) is 5.32 Å². The number of ether oxygens (including phenoxy) is 1. The van der Waals surface area contributed by atoms with Gasteiger partial charge in [-0.25, -0.2) is 9.59 Å². The van der Waals surface area contributed by atoms with E-state index in [4.69, 9.17) is 4.74 Å². The van der Waals surface area contributed by atoms with Gasteiger partial charge in [0.25, 0.3) is 0 Å². The van der Waals surface area contributed by atoms with Gasteiger partial charge in [0.05, 0.1) is 11.3 Å². The largest absolute Gasteiger partial charge is 0.478 e. The van der Waals surface area contributed by atoms with Crippen molar-refractivity contribution in [3.05, 3.63) is 89.5 Å². The molecule has 35 heavy (non-hydrogen) atoms. The zero-order valence-electron chi connectivity index (χ0n) is 19.3. The monoisotopic (exact) mass is 470 g/mol. The van der Waals surface area contributed by atoms with Crippen molar-refractivity contribution >= 4 is 23.7 Å². The van der Waals surface area contributed by atoms with Gasteiger partial charge in [0, 0.05) is 25.4 Å². The smallest absolute Gasteiger partial charge is 0.407 e. The molecule has 2 amide bonds. The third-order valence-electron chi connectivity index (χ3n) is 6.92. The average molecular weight is 471 g/mol. The number of alkyl carbamates (subject to hydrolysis) is 1. The Hall–Kier alpha value is -4.13. The lowest BCUT2D eigenvalue weighted by molar-refractivity contribution is -0.119. The van der Waals surface area contributed by atoms with Gasteiger partial charge in [-0.15, -0.1) is 0 Å². The lowest BCUT2D eigenvalue weighted by Crippen LogP contribution is -2.32. The average Bonchev–Trinajstić information content (AvgIpc) is 3.60. The standard InChI is InChI=1S/C28H26N2O5/c1-30(25-13-7-6-12-22(25)27(32)33)26(31)23-14-17(23)15-29-28(34)35-16-24-20-10-4-2-8-18(20)19-9-3-5-11-21(19)24/h2-13,17,23-24H,14-16H2,1H3,(H,29,34)(H,32,33)/t17-,23-/m0/s1. The van der Waals surface area contributed by atoms with Gasteiger partial charge in [0.2, 0.25) is 5.91 Å². The van der Waals surface area contributed by atoms with E-state index < -0.39 is 12.1 Å². The number of benzene rings is 3. The molecule has 2 aliphatic rings. The molecule has 3 aromatic rings. The third-order valence-corrected chi connectivity index (χ3v) is 6.92. The van der Waals surface area contributed by atoms with E-state index in [0.29, 0.717) is 18.7 Å². The van der Waals surface area contributed by atoms with Gasteiger partial charge in [-0.3, -0.25) is 4.79 Å². The fourth-order valence-electron chi connectivity index (χ4n) is 4.95. The highest BCUT2D eigenvalue weighted by Crippen LogP contribution is 2.44. The minimum Gasteiger partial charge on any atom is -0.478 e. The molecule has 0 spiro atoms. The molecule has 1 saturated carbocycles. The molecule has 2 atom stereocenters. The Balaban J connectivity index is 1.14. The van der Waals surface area contributed by atoms with Gasteiger partial charge in [0.1, 0.15) is 6.61 Å². The van der Waals surface area contributed by atoms with Crippen molar-refractivity contribution < 1.29 is 24.2 Å². The summed E-state index contributed by atoms with van der Waals surface area (Å²) in [5.74, 6) is -1.49. The zero-order chi connectivity index (χ0) is 24.5. The molecule has 2 N–H and O–H groups in total. The Kier molecular flexibility index (Phi) is 5.99. The fourth-order valence-corrected chi connectivity index (χ4v) is 4.95. The number of fused-ring (bicyclic) bond motifs is 3. The van der Waals surface area contributed by atoms with Crippen LogP contribution in [0.1, 0.15) is 33.8 Å². The molecular weight excluding hydrogens is 444 g/mol. The van der Waals surface area contributed by atoms with E-state index in [9.17, 15) is 19.5 Å². The summed E-state index contributed by atoms with van der Waals surface area (Å²) >= 11 is 0. The summed E-state index contributed by atoms with van der Waals surface area (Å²) in [5, 5.41) is 12.2. The molecule has 2 aliphatic carbocycles. The highest BCUT2D eigenvalue weighted by molar-refractivity contribution is 6.03. The van der Waals surface area contributed by atoms with E-state index in [-0.39, 0.29) is 35.8 Å². The summed E-state index contributed by atoms with van der Waals surface area (Å²) in [6, 6.07) is 22.8. The van der Waals surface area contributed by atoms with Crippen LogP contribution in [0.2, 0.25) is 0 Å². The maximum Gasteiger partial charge on any atom is 0.407 e. The van der Waals surface area contributed by atoms with E-state index in [1.165, 1.54) is 22.1 Å². The molecule has 0 saturated heterocycles. The summed E-state index contributed by atoms with van der Waals surface area (Å²) in [6.45, 7) is 0.573. The third kappa shape index (κ3) is 4.37. The first kappa shape index (κ1) is 22.7. The van der Waals surface area contributed by atoms with Crippen LogP contribution in [0.4, 0.5) is 10.5 Å². The molecular formula is C28H26N2O5. The predicted molar refractivity (Wildman–Crippen MR) is 131 cm³/mol. The Morgan fingerprint density at radius 3 is 2.20 bits per heavy atom. The first-order valence-corrected chi connectivity index (χ1v) is 11.6. The summed E-state index contributed by atoms with van der Waals surface area (Å²) < 4.78 is 5.56. The van der Waals surface area contributed by atoms with Crippen LogP contribution in [-0.2, 0) is 9.53 Å². The van der Waals surface area contributed by atoms with Crippen molar-refractivity contribution in [2.75, 3.05) is 25.1 Å². The molecule has 0 radical (unpaired) electrons. The second-order valence-electron chi connectivity index (χ2n) is 9.03. The van der Waals surface area contributed by atoms with Gasteiger partial charge in [-0.2, -0.15) is 0 Å². The molecule has 0 heterocycles. The van der Waals surface area contributed by atoms with Gasteiger partial charge < -0.3 is 20.1 Å². The summed E-state index contributed by atoms with van der Waals surface area (Å²) in [5.41, 5.74) is 5.09. The number of amides is 2. The molecule has 0 unspecified atom stereocenters. The second kappa shape index (κ2) is 9.25. The number of hydrogen-bond acceptors (Lipinski definition) is 4. The van der Waals surface area contributed by atoms with Crippen molar-refractivity contribution in [2.24, 2.45) is 11.8 Å². The first-order valence-electron chi connectivity index (χ1n) is 11.6. The number of carbonyl (C=O) groups excluding carboxylic acids is 2. The number of anilines is 1. The zero-order valence-corrected chi connectivity index (χ0v) is 19.3. The summed E-state index contributed by atoms with van der Waals surface area (Å²) in [6.07, 6.45) is 0.136. The SMILES string of the molecule is CN(C(=O)[C@H]1C[C@H]1CNC(=O)OCC1c2ccccc2-c2ccccc21)c1ccccc1C(=O)O. The van der Waals surface area contributed by atoms with Crippen molar-refractivity contribution in [3.63, 3.8) is 0 Å². The van der Waals surface area contributed by atoms with Crippen LogP contribution in [0, 0.1) is 11.8 Å². The van der Waals surface area contributed by atoms with E-state index >= 15 is 0 Å². The molecule has 5 rings (SSSR count). The number of rotatable bonds is 7. The number of nitrogens with one attached hydrogen (secondary N) is 1. The highest BCUT2D eigenvalue weighted by atomic mass is 16.5. The summed E-state index contributed by atoms with van der Waals surface area (Å²) in [7, 11) is 1.58. The van der Waals surface area contributed by atoms with Gasteiger partial charge >= 0.3 is 12.1 Å². The molecule has 178 valence electrons. The van der Waals surface area contributed by atoms with Gasteiger partial charge in [-0.05, 0) is 46.7 Å². The number of carbonyl (C=O) groups is 3. The normalized spacial score (nSPS) is 17.7. The molecule has 7 nitrogen and oxygen atoms in total. The predicted octanol–water partition coefficient (Wildman–Crippen LogP) is 4.52. The van der Waals surface area contributed by atoms with Crippen molar-refractivity contribution in [1.29, 1.82) is 0 Å². The molecule has 1 fully saturated rings. The molecule has 0 aliphatic heterocycles. The topological polar surface area (TPSA) is 95.9 Å². The molecule has 7 heteroatoms. The maximum atomic E-state index is 12.9. The van der Waals surface area contributed by atoms with E-state index in [1.54, 1.807) is 25.2 Å². The number of para-hydroxylation sites is 1. The van der Waals surface area contributed by atoms with Gasteiger partial charge in [-0.1, -0.05) is 60.7 Å². The molecule has 0 bridgehead atoms. The van der Waals surface area contributed by atoms with E-state index in [0.717, 1.165) is 11.1 Å². The van der Waals surface area contributed by atoms with E-state index in [2.05, 4.69) is 29.6 Å². The van der Waals surface area contributed by atoms with Crippen molar-refractivity contribution in [3.8, 4) is 11.1 Å². The highest BCUT2D eigenvalue weighted by Gasteiger charge is 2.45. The quantitative estimate of drug-likeness (QED) is 0.529. The number of hydrogen-bond donors (Lipinski definition) is 2. The van der Waals surface area contributed by atoms with Crippen LogP contribution < -0.4 is 10.2 Å². The Labute approximate surface area is 203 Å². The van der Waals surface area contributed by atoms with Crippen LogP contribution in [0.25, 0.3) is 11.1 Å². The molecule has 3 aromatic carbocycles. The number of aromatic carboxylic acids is 1. The second-order valence-corrected chi connectivity index (χ2v) is 9.03. The van der Waals surface area contributed by atoms with Crippen molar-refractivity contribution in [2.45, 2.75) is 12.3 Å².